The summed E-state index contributed by atoms with van der Waals surface area (Å²) in [5, 5.41) is 16.8. The molecule has 0 saturated heterocycles. The number of aliphatic hydroxyl groups is 1. The molecule has 0 spiro atoms. The maximum absolute atomic E-state index is 9.44. The highest BCUT2D eigenvalue weighted by Gasteiger charge is 2.17. The van der Waals surface area contributed by atoms with Gasteiger partial charge in [0.25, 0.3) is 0 Å². The molecule has 0 radical (unpaired) electrons. The molecule has 4 nitrogen and oxygen atoms in total. The standard InChI is InChI=1S/C7H11N3O/c1-7(2,11)5-3-4-6(8)10-9-5/h3-4,11H,1-2H3,(H2,8,10). The van der Waals surface area contributed by atoms with Gasteiger partial charge in [-0.25, -0.2) is 0 Å². The zero-order chi connectivity index (χ0) is 8.48. The molecule has 0 aromatic carbocycles. The SMILES string of the molecule is CC(C)(O)c1ccc(N)nn1. The number of nitrogens with two attached hydrogens (primary N) is 1. The molecule has 0 saturated carbocycles. The molecule has 0 aliphatic carbocycles. The second-order valence-electron chi connectivity index (χ2n) is 2.90. The van der Waals surface area contributed by atoms with E-state index in [1.807, 2.05) is 0 Å². The lowest BCUT2D eigenvalue weighted by atomic mass is 10.1. The van der Waals surface area contributed by atoms with Crippen LogP contribution < -0.4 is 5.73 Å². The van der Waals surface area contributed by atoms with Crippen LogP contribution in [0.2, 0.25) is 0 Å². The third-order valence-corrected chi connectivity index (χ3v) is 1.31. The molecule has 0 fully saturated rings. The quantitative estimate of drug-likeness (QED) is 0.608. The van der Waals surface area contributed by atoms with Gasteiger partial charge in [-0.15, -0.1) is 5.10 Å². The van der Waals surface area contributed by atoms with Crippen LogP contribution >= 0.6 is 0 Å². The summed E-state index contributed by atoms with van der Waals surface area (Å²) in [4.78, 5) is 0. The number of hydrogen-bond acceptors (Lipinski definition) is 4. The van der Waals surface area contributed by atoms with Crippen molar-refractivity contribution in [3.05, 3.63) is 17.8 Å². The molecule has 3 N–H and O–H groups in total. The van der Waals surface area contributed by atoms with Gasteiger partial charge in [0.2, 0.25) is 0 Å². The zero-order valence-corrected chi connectivity index (χ0v) is 6.57. The minimum atomic E-state index is -0.944. The Hall–Kier alpha value is -1.16. The van der Waals surface area contributed by atoms with Gasteiger partial charge in [-0.2, -0.15) is 5.10 Å². The molecule has 1 heterocycles. The largest absolute Gasteiger partial charge is 0.384 e. The number of hydrogen-bond donors (Lipinski definition) is 2. The van der Waals surface area contributed by atoms with Crippen molar-refractivity contribution in [2.75, 3.05) is 5.73 Å². The van der Waals surface area contributed by atoms with Gasteiger partial charge in [0.1, 0.15) is 11.4 Å². The zero-order valence-electron chi connectivity index (χ0n) is 6.57. The van der Waals surface area contributed by atoms with Crippen molar-refractivity contribution in [1.29, 1.82) is 0 Å². The van der Waals surface area contributed by atoms with Gasteiger partial charge < -0.3 is 10.8 Å². The minimum absolute atomic E-state index is 0.359. The maximum Gasteiger partial charge on any atom is 0.146 e. The van der Waals surface area contributed by atoms with Crippen molar-refractivity contribution in [2.45, 2.75) is 19.4 Å². The summed E-state index contributed by atoms with van der Waals surface area (Å²) in [5.74, 6) is 0.359. The van der Waals surface area contributed by atoms with E-state index in [4.69, 9.17) is 5.73 Å². The summed E-state index contributed by atoms with van der Waals surface area (Å²) in [5.41, 5.74) is 4.89. The molecule has 4 heteroatoms. The van der Waals surface area contributed by atoms with E-state index in [-0.39, 0.29) is 0 Å². The third kappa shape index (κ3) is 1.88. The smallest absolute Gasteiger partial charge is 0.146 e. The van der Waals surface area contributed by atoms with Gasteiger partial charge in [0, 0.05) is 0 Å². The average molecular weight is 153 g/mol. The predicted octanol–water partition coefficient (Wildman–Crippen LogP) is 0.286. The number of nitrogens with zero attached hydrogens (tertiary/aromatic N) is 2. The molecule has 1 rings (SSSR count). The topological polar surface area (TPSA) is 72.0 Å². The van der Waals surface area contributed by atoms with Gasteiger partial charge in [-0.1, -0.05) is 0 Å². The van der Waals surface area contributed by atoms with E-state index >= 15 is 0 Å². The summed E-state index contributed by atoms with van der Waals surface area (Å²) in [6, 6.07) is 3.27. The van der Waals surface area contributed by atoms with Gasteiger partial charge >= 0.3 is 0 Å². The van der Waals surface area contributed by atoms with E-state index in [1.165, 1.54) is 0 Å². The fourth-order valence-electron chi connectivity index (χ4n) is 0.669. The molecule has 0 unspecified atom stereocenters. The van der Waals surface area contributed by atoms with E-state index in [9.17, 15) is 5.11 Å². The lowest BCUT2D eigenvalue weighted by molar-refractivity contribution is 0.0729. The molecule has 60 valence electrons. The third-order valence-electron chi connectivity index (χ3n) is 1.31. The first kappa shape index (κ1) is 7.94. The van der Waals surface area contributed by atoms with E-state index in [0.29, 0.717) is 11.5 Å². The second kappa shape index (κ2) is 2.47. The van der Waals surface area contributed by atoms with Crippen molar-refractivity contribution in [3.63, 3.8) is 0 Å². The van der Waals surface area contributed by atoms with Crippen molar-refractivity contribution in [2.24, 2.45) is 0 Å². The van der Waals surface area contributed by atoms with Crippen LogP contribution in [0, 0.1) is 0 Å². The Morgan fingerprint density at radius 2 is 2.00 bits per heavy atom. The fourth-order valence-corrected chi connectivity index (χ4v) is 0.669. The Bertz CT molecular complexity index is 237. The van der Waals surface area contributed by atoms with Crippen LogP contribution in [-0.2, 0) is 5.60 Å². The monoisotopic (exact) mass is 153 g/mol. The number of rotatable bonds is 1. The Kier molecular flexibility index (Phi) is 1.78. The van der Waals surface area contributed by atoms with E-state index in [0.717, 1.165) is 0 Å². The van der Waals surface area contributed by atoms with E-state index in [2.05, 4.69) is 10.2 Å². The molecule has 1 aromatic heterocycles. The van der Waals surface area contributed by atoms with Crippen LogP contribution in [0.4, 0.5) is 5.82 Å². The molecule has 0 aliphatic heterocycles. The van der Waals surface area contributed by atoms with Crippen LogP contribution in [0.15, 0.2) is 12.1 Å². The Morgan fingerprint density at radius 3 is 2.36 bits per heavy atom. The molecule has 0 aliphatic rings. The number of nitrogen functional groups attached to an aromatic ring is 1. The molecule has 0 bridgehead atoms. The van der Waals surface area contributed by atoms with E-state index < -0.39 is 5.60 Å². The van der Waals surface area contributed by atoms with Crippen LogP contribution in [0.1, 0.15) is 19.5 Å². The van der Waals surface area contributed by atoms with Crippen LogP contribution in [0.25, 0.3) is 0 Å². The second-order valence-corrected chi connectivity index (χ2v) is 2.90. The van der Waals surface area contributed by atoms with Crippen molar-refractivity contribution < 1.29 is 5.11 Å². The summed E-state index contributed by atoms with van der Waals surface area (Å²) in [6.45, 7) is 3.29. The first-order valence-electron chi connectivity index (χ1n) is 3.32. The van der Waals surface area contributed by atoms with E-state index in [1.54, 1.807) is 26.0 Å². The highest BCUT2D eigenvalue weighted by atomic mass is 16.3. The van der Waals surface area contributed by atoms with Gasteiger partial charge in [-0.3, -0.25) is 0 Å². The fraction of sp³-hybridized carbons (Fsp3) is 0.429. The van der Waals surface area contributed by atoms with Crippen molar-refractivity contribution in [1.82, 2.24) is 10.2 Å². The lowest BCUT2D eigenvalue weighted by Crippen LogP contribution is -2.18. The summed E-state index contributed by atoms with van der Waals surface area (Å²) < 4.78 is 0. The maximum atomic E-state index is 9.44. The molecular weight excluding hydrogens is 142 g/mol. The van der Waals surface area contributed by atoms with Crippen LogP contribution in [0.5, 0.6) is 0 Å². The Labute approximate surface area is 65.1 Å². The lowest BCUT2D eigenvalue weighted by Gasteiger charge is -2.14. The summed E-state index contributed by atoms with van der Waals surface area (Å²) in [6.07, 6.45) is 0. The number of aromatic nitrogens is 2. The highest BCUT2D eigenvalue weighted by molar-refractivity contribution is 5.26. The normalized spacial score (nSPS) is 11.5. The summed E-state index contributed by atoms with van der Waals surface area (Å²) in [7, 11) is 0. The Morgan fingerprint density at radius 1 is 1.36 bits per heavy atom. The first-order chi connectivity index (χ1) is 5.00. The first-order valence-corrected chi connectivity index (χ1v) is 3.32. The van der Waals surface area contributed by atoms with Crippen LogP contribution in [-0.4, -0.2) is 15.3 Å². The predicted molar refractivity (Wildman–Crippen MR) is 41.7 cm³/mol. The highest BCUT2D eigenvalue weighted by Crippen LogP contribution is 2.15. The average Bonchev–Trinajstić information content (AvgIpc) is 1.86. The summed E-state index contributed by atoms with van der Waals surface area (Å²) >= 11 is 0. The number of anilines is 1. The van der Waals surface area contributed by atoms with Crippen molar-refractivity contribution >= 4 is 5.82 Å². The van der Waals surface area contributed by atoms with Gasteiger partial charge in [0.05, 0.1) is 5.69 Å². The van der Waals surface area contributed by atoms with Gasteiger partial charge in [0.15, 0.2) is 0 Å². The molecule has 1 aromatic rings. The minimum Gasteiger partial charge on any atom is -0.384 e. The molecule has 0 atom stereocenters. The molecular formula is C7H11N3O. The van der Waals surface area contributed by atoms with Crippen LogP contribution in [0.3, 0.4) is 0 Å². The molecule has 11 heavy (non-hydrogen) atoms. The molecule has 0 amide bonds. The Balaban J connectivity index is 2.99. The van der Waals surface area contributed by atoms with Gasteiger partial charge in [-0.05, 0) is 26.0 Å². The van der Waals surface area contributed by atoms with Crippen molar-refractivity contribution in [3.8, 4) is 0 Å².